The number of aromatic nitrogens is 3. The van der Waals surface area contributed by atoms with Crippen molar-refractivity contribution in [3.8, 4) is 11.6 Å². The number of nitrogens with zero attached hydrogens (tertiary/aromatic N) is 3. The van der Waals surface area contributed by atoms with Crippen LogP contribution in [0.5, 0.6) is 11.6 Å². The first-order valence-corrected chi connectivity index (χ1v) is 5.44. The fourth-order valence-corrected chi connectivity index (χ4v) is 1.61. The van der Waals surface area contributed by atoms with Crippen LogP contribution in [-0.4, -0.2) is 14.8 Å². The van der Waals surface area contributed by atoms with Crippen molar-refractivity contribution in [2.75, 3.05) is 0 Å². The lowest BCUT2D eigenvalue weighted by atomic mass is 10.2. The third kappa shape index (κ3) is 2.45. The second-order valence-corrected chi connectivity index (χ2v) is 3.99. The molecule has 0 amide bonds. The monoisotopic (exact) mass is 232 g/mol. The highest BCUT2D eigenvalue weighted by Gasteiger charge is 2.08. The standard InChI is InChI=1S/C12H16N4O/c1-8-4-11(10(6-13)7-14-8)17-12-5-9(2)15-16(12)3/h4-5,7H,6,13H2,1-3H3. The second kappa shape index (κ2) is 4.55. The van der Waals surface area contributed by atoms with Crippen LogP contribution < -0.4 is 10.5 Å². The van der Waals surface area contributed by atoms with Gasteiger partial charge in [-0.3, -0.25) is 4.98 Å². The summed E-state index contributed by atoms with van der Waals surface area (Å²) in [7, 11) is 1.85. The van der Waals surface area contributed by atoms with Gasteiger partial charge in [-0.05, 0) is 13.8 Å². The summed E-state index contributed by atoms with van der Waals surface area (Å²) in [6, 6.07) is 3.76. The van der Waals surface area contributed by atoms with E-state index in [1.165, 1.54) is 0 Å². The van der Waals surface area contributed by atoms with Crippen molar-refractivity contribution in [1.82, 2.24) is 14.8 Å². The number of hydrogen-bond donors (Lipinski definition) is 1. The number of hydrogen-bond acceptors (Lipinski definition) is 4. The first-order valence-electron chi connectivity index (χ1n) is 5.44. The van der Waals surface area contributed by atoms with E-state index in [9.17, 15) is 0 Å². The maximum Gasteiger partial charge on any atom is 0.217 e. The fourth-order valence-electron chi connectivity index (χ4n) is 1.61. The third-order valence-electron chi connectivity index (χ3n) is 2.47. The normalized spacial score (nSPS) is 10.6. The van der Waals surface area contributed by atoms with Crippen LogP contribution in [0.4, 0.5) is 0 Å². The average Bonchev–Trinajstić information content (AvgIpc) is 2.58. The summed E-state index contributed by atoms with van der Waals surface area (Å²) in [5.41, 5.74) is 8.36. The lowest BCUT2D eigenvalue weighted by Gasteiger charge is -2.09. The molecular formula is C12H16N4O. The summed E-state index contributed by atoms with van der Waals surface area (Å²) in [5.74, 6) is 1.44. The number of aryl methyl sites for hydroxylation is 3. The molecule has 0 aliphatic rings. The topological polar surface area (TPSA) is 66.0 Å². The van der Waals surface area contributed by atoms with Crippen LogP contribution in [0.25, 0.3) is 0 Å². The lowest BCUT2D eigenvalue weighted by Crippen LogP contribution is -2.03. The molecule has 0 radical (unpaired) electrons. The Morgan fingerprint density at radius 2 is 2.06 bits per heavy atom. The third-order valence-corrected chi connectivity index (χ3v) is 2.47. The summed E-state index contributed by atoms with van der Waals surface area (Å²) >= 11 is 0. The van der Waals surface area contributed by atoms with Crippen molar-refractivity contribution in [3.63, 3.8) is 0 Å². The van der Waals surface area contributed by atoms with Gasteiger partial charge in [0.15, 0.2) is 0 Å². The number of pyridine rings is 1. The minimum atomic E-state index is 0.402. The molecule has 5 heteroatoms. The van der Waals surface area contributed by atoms with Crippen LogP contribution in [0.1, 0.15) is 17.0 Å². The van der Waals surface area contributed by atoms with Crippen LogP contribution in [0.2, 0.25) is 0 Å². The summed E-state index contributed by atoms with van der Waals surface area (Å²) in [4.78, 5) is 4.20. The van der Waals surface area contributed by atoms with Crippen LogP contribution in [0, 0.1) is 13.8 Å². The van der Waals surface area contributed by atoms with Gasteiger partial charge in [-0.2, -0.15) is 5.10 Å². The van der Waals surface area contributed by atoms with Gasteiger partial charge in [0.05, 0.1) is 5.69 Å². The zero-order chi connectivity index (χ0) is 12.4. The Morgan fingerprint density at radius 1 is 1.29 bits per heavy atom. The molecule has 5 nitrogen and oxygen atoms in total. The minimum Gasteiger partial charge on any atom is -0.439 e. The van der Waals surface area contributed by atoms with Crippen molar-refractivity contribution in [2.24, 2.45) is 12.8 Å². The molecule has 0 atom stereocenters. The quantitative estimate of drug-likeness (QED) is 0.874. The van der Waals surface area contributed by atoms with Crippen LogP contribution in [0.3, 0.4) is 0 Å². The molecule has 17 heavy (non-hydrogen) atoms. The maximum absolute atomic E-state index is 5.81. The molecule has 0 aliphatic heterocycles. The predicted octanol–water partition coefficient (Wildman–Crippen LogP) is 1.68. The van der Waals surface area contributed by atoms with Gasteiger partial charge in [-0.25, -0.2) is 4.68 Å². The molecule has 0 unspecified atom stereocenters. The van der Waals surface area contributed by atoms with E-state index in [2.05, 4.69) is 10.1 Å². The van der Waals surface area contributed by atoms with Crippen LogP contribution in [-0.2, 0) is 13.6 Å². The van der Waals surface area contributed by atoms with Crippen molar-refractivity contribution in [1.29, 1.82) is 0 Å². The highest BCUT2D eigenvalue weighted by atomic mass is 16.5. The van der Waals surface area contributed by atoms with Crippen molar-refractivity contribution in [2.45, 2.75) is 20.4 Å². The number of rotatable bonds is 3. The molecule has 0 aliphatic carbocycles. The average molecular weight is 232 g/mol. The first-order chi connectivity index (χ1) is 8.10. The number of nitrogens with two attached hydrogens (primary N) is 1. The molecule has 0 saturated heterocycles. The van der Waals surface area contributed by atoms with E-state index in [-0.39, 0.29) is 0 Å². The van der Waals surface area contributed by atoms with Gasteiger partial charge in [0.2, 0.25) is 5.88 Å². The SMILES string of the molecule is Cc1cc(Oc2cc(C)nn2C)c(CN)cn1. The van der Waals surface area contributed by atoms with E-state index in [0.29, 0.717) is 12.4 Å². The van der Waals surface area contributed by atoms with Gasteiger partial charge in [0.25, 0.3) is 0 Å². The summed E-state index contributed by atoms with van der Waals surface area (Å²) in [5, 5.41) is 4.23. The molecule has 2 aromatic rings. The highest BCUT2D eigenvalue weighted by Crippen LogP contribution is 2.25. The Morgan fingerprint density at radius 3 is 2.65 bits per heavy atom. The molecule has 2 aromatic heterocycles. The molecule has 0 saturated carbocycles. The Kier molecular flexibility index (Phi) is 3.10. The van der Waals surface area contributed by atoms with E-state index in [0.717, 1.165) is 22.7 Å². The van der Waals surface area contributed by atoms with Gasteiger partial charge >= 0.3 is 0 Å². The van der Waals surface area contributed by atoms with Crippen LogP contribution in [0.15, 0.2) is 18.3 Å². The molecule has 0 bridgehead atoms. The van der Waals surface area contributed by atoms with E-state index < -0.39 is 0 Å². The first kappa shape index (κ1) is 11.6. The second-order valence-electron chi connectivity index (χ2n) is 3.99. The largest absolute Gasteiger partial charge is 0.439 e. The molecule has 0 fully saturated rings. The number of ether oxygens (including phenoxy) is 1. The Hall–Kier alpha value is -1.88. The van der Waals surface area contributed by atoms with Crippen molar-refractivity contribution < 1.29 is 4.74 Å². The Labute approximate surface area is 100 Å². The lowest BCUT2D eigenvalue weighted by molar-refractivity contribution is 0.425. The van der Waals surface area contributed by atoms with E-state index >= 15 is 0 Å². The zero-order valence-electron chi connectivity index (χ0n) is 10.3. The molecule has 0 spiro atoms. The molecule has 2 N–H and O–H groups in total. The van der Waals surface area contributed by atoms with Crippen molar-refractivity contribution in [3.05, 3.63) is 35.3 Å². The minimum absolute atomic E-state index is 0.402. The van der Waals surface area contributed by atoms with Gasteiger partial charge in [0, 0.05) is 43.2 Å². The molecule has 90 valence electrons. The molecular weight excluding hydrogens is 216 g/mol. The maximum atomic E-state index is 5.81. The van der Waals surface area contributed by atoms with Gasteiger partial charge in [0.1, 0.15) is 5.75 Å². The molecule has 2 rings (SSSR count). The van der Waals surface area contributed by atoms with E-state index in [1.54, 1.807) is 10.9 Å². The van der Waals surface area contributed by atoms with E-state index in [1.807, 2.05) is 33.0 Å². The van der Waals surface area contributed by atoms with Gasteiger partial charge in [-0.15, -0.1) is 0 Å². The summed E-state index contributed by atoms with van der Waals surface area (Å²) in [6.45, 7) is 4.25. The summed E-state index contributed by atoms with van der Waals surface area (Å²) < 4.78 is 7.51. The molecule has 0 aromatic carbocycles. The van der Waals surface area contributed by atoms with Gasteiger partial charge < -0.3 is 10.5 Å². The van der Waals surface area contributed by atoms with E-state index in [4.69, 9.17) is 10.5 Å². The Bertz CT molecular complexity index is 533. The fraction of sp³-hybridized carbons (Fsp3) is 0.333. The predicted molar refractivity (Wildman–Crippen MR) is 64.9 cm³/mol. The highest BCUT2D eigenvalue weighted by molar-refractivity contribution is 5.36. The van der Waals surface area contributed by atoms with Crippen LogP contribution >= 0.6 is 0 Å². The van der Waals surface area contributed by atoms with Gasteiger partial charge in [-0.1, -0.05) is 0 Å². The smallest absolute Gasteiger partial charge is 0.217 e. The Balaban J connectivity index is 2.35. The van der Waals surface area contributed by atoms with Crippen molar-refractivity contribution >= 4 is 0 Å². The summed E-state index contributed by atoms with van der Waals surface area (Å²) in [6.07, 6.45) is 1.74. The zero-order valence-corrected chi connectivity index (χ0v) is 10.3. The molecule has 2 heterocycles.